The molecule has 0 aliphatic rings. The van der Waals surface area contributed by atoms with Crippen LogP contribution in [0.15, 0.2) is 109 Å². The molecule has 0 bridgehead atoms. The fraction of sp³-hybridized carbons (Fsp3) is 0.125. The van der Waals surface area contributed by atoms with Gasteiger partial charge < -0.3 is 19.1 Å². The molecule has 1 aromatic heterocycles. The quantitative estimate of drug-likeness (QED) is 0.222. The number of aliphatic carboxylic acids is 1. The van der Waals surface area contributed by atoms with E-state index < -0.39 is 12.1 Å². The summed E-state index contributed by atoms with van der Waals surface area (Å²) in [5, 5.41) is 7.12. The minimum absolute atomic E-state index is 0.690. The first-order chi connectivity index (χ1) is 19.7. The Balaban J connectivity index is 0.000000493. The van der Waals surface area contributed by atoms with Crippen molar-refractivity contribution in [1.82, 2.24) is 9.55 Å². The number of ether oxygens (including phenoxy) is 2. The Kier molecular flexibility index (Phi) is 9.08. The molecule has 0 unspecified atom stereocenters. The van der Waals surface area contributed by atoms with Crippen LogP contribution in [-0.4, -0.2) is 41.0 Å². The second kappa shape index (κ2) is 12.9. The van der Waals surface area contributed by atoms with E-state index in [0.717, 1.165) is 34.0 Å². The van der Waals surface area contributed by atoms with Crippen LogP contribution in [0.1, 0.15) is 5.56 Å². The van der Waals surface area contributed by atoms with Gasteiger partial charge in [0.2, 0.25) is 0 Å². The normalized spacial score (nSPS) is 10.9. The molecule has 0 spiro atoms. The number of halogens is 3. The van der Waals surface area contributed by atoms with Crippen molar-refractivity contribution in [2.45, 2.75) is 12.7 Å². The van der Waals surface area contributed by atoms with Crippen molar-refractivity contribution in [3.05, 3.63) is 115 Å². The number of methoxy groups -OCH3 is 2. The molecule has 5 rings (SSSR count). The van der Waals surface area contributed by atoms with E-state index in [1.165, 1.54) is 16.7 Å². The van der Waals surface area contributed by atoms with Crippen LogP contribution in [0.3, 0.4) is 0 Å². The third-order valence-electron chi connectivity index (χ3n) is 6.17. The Morgan fingerprint density at radius 3 is 2.12 bits per heavy atom. The lowest BCUT2D eigenvalue weighted by Crippen LogP contribution is -2.21. The lowest BCUT2D eigenvalue weighted by Gasteiger charge is -2.14. The van der Waals surface area contributed by atoms with Gasteiger partial charge in [0.25, 0.3) is 0 Å². The Bertz CT molecular complexity index is 1620. The SMILES string of the molecule is COc1cccc(-c2c(-c3ccccc3OC)ncn2Cc2cccc(-c3ccccc3)c2)c1.O=C(O)C(F)(F)F. The van der Waals surface area contributed by atoms with E-state index in [0.29, 0.717) is 6.54 Å². The van der Waals surface area contributed by atoms with Gasteiger partial charge >= 0.3 is 12.1 Å². The molecule has 210 valence electrons. The van der Waals surface area contributed by atoms with Crippen molar-refractivity contribution in [1.29, 1.82) is 0 Å². The molecule has 1 N–H and O–H groups in total. The van der Waals surface area contributed by atoms with E-state index in [9.17, 15) is 13.2 Å². The van der Waals surface area contributed by atoms with Crippen LogP contribution in [-0.2, 0) is 11.3 Å². The molecular weight excluding hydrogens is 533 g/mol. The van der Waals surface area contributed by atoms with Gasteiger partial charge in [-0.05, 0) is 47.0 Å². The van der Waals surface area contributed by atoms with Gasteiger partial charge in [-0.15, -0.1) is 0 Å². The summed E-state index contributed by atoms with van der Waals surface area (Å²) in [7, 11) is 3.38. The molecule has 0 aliphatic heterocycles. The molecule has 6 nitrogen and oxygen atoms in total. The summed E-state index contributed by atoms with van der Waals surface area (Å²) in [6, 6.07) is 35.2. The Morgan fingerprint density at radius 2 is 1.44 bits per heavy atom. The first kappa shape index (κ1) is 28.9. The number of aromatic nitrogens is 2. The lowest BCUT2D eigenvalue weighted by atomic mass is 10.0. The number of para-hydroxylation sites is 1. The van der Waals surface area contributed by atoms with E-state index >= 15 is 0 Å². The van der Waals surface area contributed by atoms with E-state index in [1.54, 1.807) is 14.2 Å². The smallest absolute Gasteiger partial charge is 0.490 e. The maximum Gasteiger partial charge on any atom is 0.490 e. The van der Waals surface area contributed by atoms with Crippen molar-refractivity contribution in [2.24, 2.45) is 0 Å². The summed E-state index contributed by atoms with van der Waals surface area (Å²) in [5.74, 6) is -1.15. The van der Waals surface area contributed by atoms with Crippen molar-refractivity contribution in [2.75, 3.05) is 14.2 Å². The van der Waals surface area contributed by atoms with Gasteiger partial charge in [0, 0.05) is 17.7 Å². The average Bonchev–Trinajstić information content (AvgIpc) is 3.40. The average molecular weight is 561 g/mol. The van der Waals surface area contributed by atoms with Crippen LogP contribution < -0.4 is 9.47 Å². The number of nitrogens with zero attached hydrogens (tertiary/aromatic N) is 2. The highest BCUT2D eigenvalue weighted by Gasteiger charge is 2.38. The molecular formula is C32H27F3N2O4. The minimum Gasteiger partial charge on any atom is -0.497 e. The topological polar surface area (TPSA) is 73.6 Å². The van der Waals surface area contributed by atoms with Crippen LogP contribution in [0, 0.1) is 0 Å². The number of alkyl halides is 3. The Labute approximate surface area is 235 Å². The lowest BCUT2D eigenvalue weighted by molar-refractivity contribution is -0.192. The Morgan fingerprint density at radius 1 is 0.805 bits per heavy atom. The van der Waals surface area contributed by atoms with Gasteiger partial charge in [-0.1, -0.05) is 72.8 Å². The van der Waals surface area contributed by atoms with Gasteiger partial charge in [0.1, 0.15) is 17.2 Å². The Hall–Kier alpha value is -5.05. The number of benzene rings is 4. The molecule has 0 radical (unpaired) electrons. The number of carboxylic acids is 1. The van der Waals surface area contributed by atoms with Gasteiger partial charge in [-0.3, -0.25) is 0 Å². The number of imidazole rings is 1. The number of rotatable bonds is 7. The van der Waals surface area contributed by atoms with Crippen molar-refractivity contribution in [3.8, 4) is 45.1 Å². The molecule has 41 heavy (non-hydrogen) atoms. The molecule has 0 saturated carbocycles. The van der Waals surface area contributed by atoms with E-state index in [-0.39, 0.29) is 0 Å². The summed E-state index contributed by atoms with van der Waals surface area (Å²) in [6.07, 6.45) is -3.17. The fourth-order valence-corrected chi connectivity index (χ4v) is 4.29. The van der Waals surface area contributed by atoms with Gasteiger partial charge in [-0.25, -0.2) is 9.78 Å². The van der Waals surface area contributed by atoms with Crippen molar-refractivity contribution in [3.63, 3.8) is 0 Å². The second-order valence-corrected chi connectivity index (χ2v) is 8.87. The summed E-state index contributed by atoms with van der Waals surface area (Å²) in [4.78, 5) is 13.7. The van der Waals surface area contributed by atoms with Crippen molar-refractivity contribution >= 4 is 5.97 Å². The monoisotopic (exact) mass is 560 g/mol. The minimum atomic E-state index is -5.08. The summed E-state index contributed by atoms with van der Waals surface area (Å²) < 4.78 is 45.1. The zero-order valence-corrected chi connectivity index (χ0v) is 22.3. The van der Waals surface area contributed by atoms with Gasteiger partial charge in [-0.2, -0.15) is 13.2 Å². The molecule has 1 heterocycles. The first-order valence-electron chi connectivity index (χ1n) is 12.5. The zero-order chi connectivity index (χ0) is 29.4. The third-order valence-corrected chi connectivity index (χ3v) is 6.17. The third kappa shape index (κ3) is 7.13. The summed E-state index contributed by atoms with van der Waals surface area (Å²) >= 11 is 0. The van der Waals surface area contributed by atoms with Crippen molar-refractivity contribution < 1.29 is 32.5 Å². The molecule has 0 fully saturated rings. The molecule has 0 atom stereocenters. The summed E-state index contributed by atoms with van der Waals surface area (Å²) in [5.41, 5.74) is 7.51. The molecule has 0 saturated heterocycles. The molecule has 0 aliphatic carbocycles. The molecule has 0 amide bonds. The van der Waals surface area contributed by atoms with Gasteiger partial charge in [0.15, 0.2) is 0 Å². The maximum atomic E-state index is 10.6. The highest BCUT2D eigenvalue weighted by molar-refractivity contribution is 5.82. The number of hydrogen-bond acceptors (Lipinski definition) is 4. The van der Waals surface area contributed by atoms with Crippen LogP contribution in [0.5, 0.6) is 11.5 Å². The van der Waals surface area contributed by atoms with Crippen LogP contribution in [0.25, 0.3) is 33.6 Å². The fourth-order valence-electron chi connectivity index (χ4n) is 4.29. The second-order valence-electron chi connectivity index (χ2n) is 8.87. The zero-order valence-electron chi connectivity index (χ0n) is 22.3. The molecule has 5 aromatic rings. The summed E-state index contributed by atoms with van der Waals surface area (Å²) in [6.45, 7) is 0.690. The number of carboxylic acid groups (broad SMARTS) is 1. The first-order valence-corrected chi connectivity index (χ1v) is 12.5. The van der Waals surface area contributed by atoms with E-state index in [1.807, 2.05) is 54.9 Å². The standard InChI is InChI=1S/C30H26N2O2.C2HF3O2/c1-33-26-15-9-14-25(19-26)30-29(27-16-6-7-17-28(27)34-2)31-21-32(30)20-22-10-8-13-24(18-22)23-11-4-3-5-12-23;3-2(4,5)1(6)7/h3-19,21H,20H2,1-2H3;(H,6,7). The highest BCUT2D eigenvalue weighted by atomic mass is 19.4. The van der Waals surface area contributed by atoms with E-state index in [2.05, 4.69) is 59.2 Å². The van der Waals surface area contributed by atoms with Crippen LogP contribution >= 0.6 is 0 Å². The molecule has 9 heteroatoms. The van der Waals surface area contributed by atoms with E-state index in [4.69, 9.17) is 24.4 Å². The van der Waals surface area contributed by atoms with Crippen LogP contribution in [0.2, 0.25) is 0 Å². The predicted octanol–water partition coefficient (Wildman–Crippen LogP) is 7.58. The number of hydrogen-bond donors (Lipinski definition) is 1. The molecule has 4 aromatic carbocycles. The largest absolute Gasteiger partial charge is 0.497 e. The number of carbonyl (C=O) groups is 1. The van der Waals surface area contributed by atoms with Crippen LogP contribution in [0.4, 0.5) is 13.2 Å². The predicted molar refractivity (Wildman–Crippen MR) is 151 cm³/mol. The van der Waals surface area contributed by atoms with Gasteiger partial charge in [0.05, 0.1) is 26.2 Å². The highest BCUT2D eigenvalue weighted by Crippen LogP contribution is 2.37. The maximum absolute atomic E-state index is 10.6.